The van der Waals surface area contributed by atoms with E-state index in [0.717, 1.165) is 18.2 Å². The van der Waals surface area contributed by atoms with Crippen molar-refractivity contribution in [3.8, 4) is 0 Å². The highest BCUT2D eigenvalue weighted by molar-refractivity contribution is 5.14. The van der Waals surface area contributed by atoms with E-state index < -0.39 is 0 Å². The van der Waals surface area contributed by atoms with E-state index in [-0.39, 0.29) is 5.82 Å². The second-order valence-corrected chi connectivity index (χ2v) is 5.73. The molecule has 0 radical (unpaired) electrons. The summed E-state index contributed by atoms with van der Waals surface area (Å²) in [6.07, 6.45) is 2.57. The third-order valence-corrected chi connectivity index (χ3v) is 4.51. The quantitative estimate of drug-likeness (QED) is 0.758. The van der Waals surface area contributed by atoms with Gasteiger partial charge in [-0.3, -0.25) is 0 Å². The first-order valence-corrected chi connectivity index (χ1v) is 7.65. The van der Waals surface area contributed by atoms with Crippen molar-refractivity contribution < 1.29 is 14.2 Å². The van der Waals surface area contributed by atoms with E-state index in [1.807, 2.05) is 12.1 Å². The Bertz CT molecular complexity index is 382. The number of benzene rings is 1. The van der Waals surface area contributed by atoms with Gasteiger partial charge in [-0.1, -0.05) is 26.0 Å². The average molecular weight is 266 g/mol. The normalized spacial score (nSPS) is 23.8. The van der Waals surface area contributed by atoms with Crippen molar-refractivity contribution in [3.63, 3.8) is 0 Å². The Morgan fingerprint density at radius 3 is 2.37 bits per heavy atom. The summed E-state index contributed by atoms with van der Waals surface area (Å²) < 4.78 is 13.2. The molecule has 2 nitrogen and oxygen atoms in total. The van der Waals surface area contributed by atoms with Gasteiger partial charge in [0.1, 0.15) is 38.5 Å². The van der Waals surface area contributed by atoms with Crippen molar-refractivity contribution in [2.24, 2.45) is 0 Å². The molecule has 0 amide bonds. The minimum atomic E-state index is -0.113. The number of piperazine rings is 1. The fourth-order valence-corrected chi connectivity index (χ4v) is 3.31. The largest absolute Gasteiger partial charge is 0.323 e. The summed E-state index contributed by atoms with van der Waals surface area (Å²) in [5.74, 6) is -0.113. The summed E-state index contributed by atoms with van der Waals surface area (Å²) >= 11 is 0. The second kappa shape index (κ2) is 7.01. The van der Waals surface area contributed by atoms with E-state index in [2.05, 4.69) is 13.8 Å². The van der Waals surface area contributed by atoms with E-state index in [1.54, 1.807) is 15.9 Å². The Hall–Kier alpha value is -0.930. The predicted octanol–water partition coefficient (Wildman–Crippen LogP) is 0.298. The van der Waals surface area contributed by atoms with Crippen LogP contribution in [0.4, 0.5) is 4.39 Å². The molecule has 3 heteroatoms. The number of nitrogens with one attached hydrogen (secondary N) is 2. The molecule has 1 fully saturated rings. The van der Waals surface area contributed by atoms with Gasteiger partial charge in [-0.15, -0.1) is 0 Å². The van der Waals surface area contributed by atoms with Crippen molar-refractivity contribution in [3.05, 3.63) is 35.6 Å². The molecule has 1 aromatic carbocycles. The zero-order valence-electron chi connectivity index (χ0n) is 12.2. The first-order chi connectivity index (χ1) is 9.22. The Kier molecular flexibility index (Phi) is 5.34. The molecule has 1 aliphatic rings. The molecule has 1 saturated heterocycles. The molecule has 1 heterocycles. The maximum atomic E-state index is 13.2. The van der Waals surface area contributed by atoms with Crippen LogP contribution in [0.25, 0.3) is 0 Å². The summed E-state index contributed by atoms with van der Waals surface area (Å²) in [6, 6.07) is 7.88. The SMILES string of the molecule is CCC(CC)[NH+]1CC[NH+](Cc2cccc(F)c2)CC1. The summed E-state index contributed by atoms with van der Waals surface area (Å²) in [6.45, 7) is 10.5. The lowest BCUT2D eigenvalue weighted by Crippen LogP contribution is -3.29. The minimum absolute atomic E-state index is 0.113. The third-order valence-electron chi connectivity index (χ3n) is 4.51. The molecule has 0 bridgehead atoms. The average Bonchev–Trinajstić information content (AvgIpc) is 2.42. The lowest BCUT2D eigenvalue weighted by molar-refractivity contribution is -1.03. The molecule has 0 atom stereocenters. The maximum absolute atomic E-state index is 13.2. The van der Waals surface area contributed by atoms with Gasteiger partial charge in [-0.2, -0.15) is 0 Å². The topological polar surface area (TPSA) is 8.88 Å². The van der Waals surface area contributed by atoms with Gasteiger partial charge in [-0.25, -0.2) is 4.39 Å². The molecule has 0 aromatic heterocycles. The van der Waals surface area contributed by atoms with E-state index in [1.165, 1.54) is 45.1 Å². The van der Waals surface area contributed by atoms with Crippen molar-refractivity contribution in [2.45, 2.75) is 39.3 Å². The van der Waals surface area contributed by atoms with Crippen molar-refractivity contribution in [1.82, 2.24) is 0 Å². The van der Waals surface area contributed by atoms with Gasteiger partial charge in [0, 0.05) is 5.56 Å². The van der Waals surface area contributed by atoms with Gasteiger partial charge in [0.15, 0.2) is 0 Å². The molecule has 1 aliphatic heterocycles. The zero-order chi connectivity index (χ0) is 13.7. The lowest BCUT2D eigenvalue weighted by atomic mass is 10.1. The van der Waals surface area contributed by atoms with Gasteiger partial charge >= 0.3 is 0 Å². The summed E-state index contributed by atoms with van der Waals surface area (Å²) in [7, 11) is 0. The maximum Gasteiger partial charge on any atom is 0.127 e. The first-order valence-electron chi connectivity index (χ1n) is 7.65. The smallest absolute Gasteiger partial charge is 0.127 e. The molecule has 106 valence electrons. The van der Waals surface area contributed by atoms with Crippen LogP contribution in [-0.4, -0.2) is 32.2 Å². The van der Waals surface area contributed by atoms with Crippen LogP contribution in [0.5, 0.6) is 0 Å². The molecule has 0 aliphatic carbocycles. The number of hydrogen-bond donors (Lipinski definition) is 2. The van der Waals surface area contributed by atoms with E-state index in [4.69, 9.17) is 0 Å². The number of halogens is 1. The Morgan fingerprint density at radius 1 is 1.11 bits per heavy atom. The standard InChI is InChI=1S/C16H25FN2/c1-3-16(4-2)19-10-8-18(9-11-19)13-14-6-5-7-15(17)12-14/h5-7,12,16H,3-4,8-11,13H2,1-2H3/p+2. The molecule has 2 rings (SSSR count). The van der Waals surface area contributed by atoms with Crippen LogP contribution in [0.3, 0.4) is 0 Å². The summed E-state index contributed by atoms with van der Waals surface area (Å²) in [5, 5.41) is 0. The van der Waals surface area contributed by atoms with Gasteiger partial charge in [-0.05, 0) is 25.0 Å². The summed E-state index contributed by atoms with van der Waals surface area (Å²) in [4.78, 5) is 3.37. The van der Waals surface area contributed by atoms with Gasteiger partial charge in [0.05, 0.1) is 6.04 Å². The highest BCUT2D eigenvalue weighted by Crippen LogP contribution is 2.01. The van der Waals surface area contributed by atoms with Crippen molar-refractivity contribution in [1.29, 1.82) is 0 Å². The lowest BCUT2D eigenvalue weighted by Gasteiger charge is -2.34. The fraction of sp³-hybridized carbons (Fsp3) is 0.625. The van der Waals surface area contributed by atoms with Crippen LogP contribution in [0, 0.1) is 5.82 Å². The Balaban J connectivity index is 1.83. The minimum Gasteiger partial charge on any atom is -0.323 e. The number of hydrogen-bond acceptors (Lipinski definition) is 0. The van der Waals surface area contributed by atoms with E-state index in [0.29, 0.717) is 0 Å². The van der Waals surface area contributed by atoms with Gasteiger partial charge in [0.25, 0.3) is 0 Å². The van der Waals surface area contributed by atoms with E-state index >= 15 is 0 Å². The first kappa shape index (κ1) is 14.5. The van der Waals surface area contributed by atoms with Gasteiger partial charge < -0.3 is 9.80 Å². The molecule has 0 spiro atoms. The molecule has 19 heavy (non-hydrogen) atoms. The number of quaternary nitrogens is 2. The van der Waals surface area contributed by atoms with Crippen molar-refractivity contribution in [2.75, 3.05) is 26.2 Å². The summed E-state index contributed by atoms with van der Waals surface area (Å²) in [5.41, 5.74) is 1.13. The Labute approximate surface area is 116 Å². The van der Waals surface area contributed by atoms with Gasteiger partial charge in [0.2, 0.25) is 0 Å². The Morgan fingerprint density at radius 2 is 1.79 bits per heavy atom. The molecular formula is C16H27FN2+2. The highest BCUT2D eigenvalue weighted by Gasteiger charge is 2.27. The molecular weight excluding hydrogens is 239 g/mol. The van der Waals surface area contributed by atoms with Crippen LogP contribution in [0.1, 0.15) is 32.3 Å². The second-order valence-electron chi connectivity index (χ2n) is 5.73. The van der Waals surface area contributed by atoms with Crippen LogP contribution >= 0.6 is 0 Å². The van der Waals surface area contributed by atoms with Crippen LogP contribution in [-0.2, 0) is 6.54 Å². The predicted molar refractivity (Wildman–Crippen MR) is 75.9 cm³/mol. The van der Waals surface area contributed by atoms with Crippen molar-refractivity contribution >= 4 is 0 Å². The monoisotopic (exact) mass is 266 g/mol. The molecule has 0 unspecified atom stereocenters. The van der Waals surface area contributed by atoms with Crippen LogP contribution in [0.15, 0.2) is 24.3 Å². The van der Waals surface area contributed by atoms with Crippen LogP contribution in [0.2, 0.25) is 0 Å². The molecule has 0 saturated carbocycles. The zero-order valence-corrected chi connectivity index (χ0v) is 12.2. The molecule has 1 aromatic rings. The number of rotatable bonds is 5. The highest BCUT2D eigenvalue weighted by atomic mass is 19.1. The van der Waals surface area contributed by atoms with E-state index in [9.17, 15) is 4.39 Å². The fourth-order valence-electron chi connectivity index (χ4n) is 3.31. The third kappa shape index (κ3) is 4.02. The molecule has 2 N–H and O–H groups in total. The van der Waals surface area contributed by atoms with Crippen LogP contribution < -0.4 is 9.80 Å².